The lowest BCUT2D eigenvalue weighted by molar-refractivity contribution is -0.123. The third kappa shape index (κ3) is 5.07. The number of anilines is 2. The lowest BCUT2D eigenvalue weighted by Gasteiger charge is -2.33. The summed E-state index contributed by atoms with van der Waals surface area (Å²) in [4.78, 5) is 25.6. The van der Waals surface area contributed by atoms with Gasteiger partial charge in [-0.05, 0) is 44.9 Å². The van der Waals surface area contributed by atoms with Gasteiger partial charge in [0.05, 0.1) is 17.1 Å². The van der Waals surface area contributed by atoms with Gasteiger partial charge in [-0.1, -0.05) is 26.2 Å². The van der Waals surface area contributed by atoms with Crippen LogP contribution in [0.5, 0.6) is 0 Å². The van der Waals surface area contributed by atoms with E-state index in [0.29, 0.717) is 23.4 Å². The quantitative estimate of drug-likeness (QED) is 0.550. The van der Waals surface area contributed by atoms with E-state index in [1.165, 1.54) is 0 Å². The van der Waals surface area contributed by atoms with Gasteiger partial charge in [0.25, 0.3) is 0 Å². The summed E-state index contributed by atoms with van der Waals surface area (Å²) < 4.78 is 0. The SMILES string of the molecule is CCCCC(C)(CNC(=O)C1CCCCN1)Nc1nc(N)nc2cccnc12. The maximum absolute atomic E-state index is 12.6. The molecular formula is C20H31N7O. The van der Waals surface area contributed by atoms with Crippen LogP contribution in [0.25, 0.3) is 11.0 Å². The predicted octanol–water partition coefficient (Wildman–Crippen LogP) is 2.23. The van der Waals surface area contributed by atoms with Crippen LogP contribution in [0.1, 0.15) is 52.4 Å². The zero-order chi connectivity index (χ0) is 20.0. The van der Waals surface area contributed by atoms with E-state index >= 15 is 0 Å². The molecule has 152 valence electrons. The first-order valence-electron chi connectivity index (χ1n) is 10.2. The highest BCUT2D eigenvalue weighted by molar-refractivity contribution is 5.86. The minimum atomic E-state index is -0.369. The number of pyridine rings is 1. The van der Waals surface area contributed by atoms with Crippen LogP contribution < -0.4 is 21.7 Å². The van der Waals surface area contributed by atoms with Crippen LogP contribution >= 0.6 is 0 Å². The molecule has 1 saturated heterocycles. The van der Waals surface area contributed by atoms with E-state index in [0.717, 1.165) is 45.1 Å². The Kier molecular flexibility index (Phi) is 6.61. The van der Waals surface area contributed by atoms with Gasteiger partial charge in [0, 0.05) is 12.7 Å². The van der Waals surface area contributed by atoms with Gasteiger partial charge in [0.2, 0.25) is 11.9 Å². The Balaban J connectivity index is 1.76. The first-order valence-corrected chi connectivity index (χ1v) is 10.2. The summed E-state index contributed by atoms with van der Waals surface area (Å²) in [6.45, 7) is 5.67. The topological polar surface area (TPSA) is 118 Å². The van der Waals surface area contributed by atoms with E-state index < -0.39 is 0 Å². The molecule has 1 aliphatic heterocycles. The van der Waals surface area contributed by atoms with Crippen molar-refractivity contribution in [3.63, 3.8) is 0 Å². The van der Waals surface area contributed by atoms with E-state index in [1.54, 1.807) is 6.20 Å². The lowest BCUT2D eigenvalue weighted by Crippen LogP contribution is -2.52. The normalized spacial score (nSPS) is 19.1. The van der Waals surface area contributed by atoms with E-state index in [2.05, 4.69) is 44.7 Å². The minimum Gasteiger partial charge on any atom is -0.368 e. The Morgan fingerprint density at radius 1 is 1.39 bits per heavy atom. The van der Waals surface area contributed by atoms with Gasteiger partial charge in [0.1, 0.15) is 5.52 Å². The van der Waals surface area contributed by atoms with Crippen molar-refractivity contribution in [3.05, 3.63) is 18.3 Å². The number of nitrogen functional groups attached to an aromatic ring is 1. The highest BCUT2D eigenvalue weighted by Gasteiger charge is 2.28. The molecule has 0 radical (unpaired) electrons. The first-order chi connectivity index (χ1) is 13.5. The summed E-state index contributed by atoms with van der Waals surface area (Å²) in [7, 11) is 0. The number of nitrogens with one attached hydrogen (secondary N) is 3. The molecule has 0 saturated carbocycles. The zero-order valence-electron chi connectivity index (χ0n) is 16.8. The van der Waals surface area contributed by atoms with Crippen LogP contribution in [-0.4, -0.2) is 45.5 Å². The molecule has 2 unspecified atom stereocenters. The van der Waals surface area contributed by atoms with Crippen LogP contribution in [0.4, 0.5) is 11.8 Å². The van der Waals surface area contributed by atoms with Crippen molar-refractivity contribution in [3.8, 4) is 0 Å². The Labute approximate surface area is 166 Å². The van der Waals surface area contributed by atoms with Gasteiger partial charge in [0.15, 0.2) is 5.82 Å². The molecule has 1 fully saturated rings. The number of aromatic nitrogens is 3. The molecule has 0 spiro atoms. The van der Waals surface area contributed by atoms with Crippen LogP contribution in [0.15, 0.2) is 18.3 Å². The number of piperidine rings is 1. The number of carbonyl (C=O) groups is 1. The summed E-state index contributed by atoms with van der Waals surface area (Å²) in [6.07, 6.45) is 7.82. The lowest BCUT2D eigenvalue weighted by atomic mass is 9.94. The molecule has 0 aliphatic carbocycles. The fourth-order valence-electron chi connectivity index (χ4n) is 3.60. The molecule has 2 atom stereocenters. The van der Waals surface area contributed by atoms with Crippen molar-refractivity contribution < 1.29 is 4.79 Å². The monoisotopic (exact) mass is 385 g/mol. The molecule has 3 rings (SSSR count). The highest BCUT2D eigenvalue weighted by Crippen LogP contribution is 2.25. The van der Waals surface area contributed by atoms with E-state index in [1.807, 2.05) is 12.1 Å². The number of hydrogen-bond donors (Lipinski definition) is 4. The Morgan fingerprint density at radius 3 is 3.00 bits per heavy atom. The molecule has 3 heterocycles. The molecule has 8 heteroatoms. The van der Waals surface area contributed by atoms with Crippen LogP contribution in [0, 0.1) is 0 Å². The fourth-order valence-corrected chi connectivity index (χ4v) is 3.60. The summed E-state index contributed by atoms with van der Waals surface area (Å²) >= 11 is 0. The van der Waals surface area contributed by atoms with Crippen molar-refractivity contribution in [1.82, 2.24) is 25.6 Å². The molecule has 28 heavy (non-hydrogen) atoms. The first kappa shape index (κ1) is 20.3. The van der Waals surface area contributed by atoms with Gasteiger partial charge in [-0.3, -0.25) is 9.78 Å². The second-order valence-electron chi connectivity index (χ2n) is 7.81. The van der Waals surface area contributed by atoms with Gasteiger partial charge in [-0.15, -0.1) is 0 Å². The zero-order valence-corrected chi connectivity index (χ0v) is 16.8. The largest absolute Gasteiger partial charge is 0.368 e. The van der Waals surface area contributed by atoms with Crippen molar-refractivity contribution in [1.29, 1.82) is 0 Å². The summed E-state index contributed by atoms with van der Waals surface area (Å²) in [5.41, 5.74) is 6.91. The maximum Gasteiger partial charge on any atom is 0.237 e. The van der Waals surface area contributed by atoms with Crippen LogP contribution in [0.3, 0.4) is 0 Å². The standard InChI is InChI=1S/C20H31N7O/c1-3-4-10-20(2,13-24-18(28)15-8-5-6-11-22-15)27-17-16-14(9-7-12-23-16)25-19(21)26-17/h7,9,12,15,22H,3-6,8,10-11,13H2,1-2H3,(H,24,28)(H3,21,25,26,27). The molecule has 1 amide bonds. The second kappa shape index (κ2) is 9.14. The van der Waals surface area contributed by atoms with Gasteiger partial charge in [-0.2, -0.15) is 4.98 Å². The molecule has 8 nitrogen and oxygen atoms in total. The number of amides is 1. The van der Waals surface area contributed by atoms with Gasteiger partial charge in [-0.25, -0.2) is 4.98 Å². The van der Waals surface area contributed by atoms with Gasteiger partial charge >= 0.3 is 0 Å². The Hall–Kier alpha value is -2.48. The summed E-state index contributed by atoms with van der Waals surface area (Å²) in [5.74, 6) is 0.873. The minimum absolute atomic E-state index is 0.0643. The molecule has 0 bridgehead atoms. The summed E-state index contributed by atoms with van der Waals surface area (Å²) in [5, 5.41) is 9.93. The molecule has 2 aromatic rings. The van der Waals surface area contributed by atoms with Crippen molar-refractivity contribution in [2.75, 3.05) is 24.1 Å². The van der Waals surface area contributed by atoms with Crippen molar-refractivity contribution in [2.24, 2.45) is 0 Å². The van der Waals surface area contributed by atoms with Crippen molar-refractivity contribution in [2.45, 2.75) is 64.0 Å². The second-order valence-corrected chi connectivity index (χ2v) is 7.81. The van der Waals surface area contributed by atoms with Crippen LogP contribution in [0.2, 0.25) is 0 Å². The third-order valence-electron chi connectivity index (χ3n) is 5.25. The van der Waals surface area contributed by atoms with Crippen LogP contribution in [-0.2, 0) is 4.79 Å². The van der Waals surface area contributed by atoms with E-state index in [9.17, 15) is 4.79 Å². The Bertz CT molecular complexity index is 806. The maximum atomic E-state index is 12.6. The number of hydrogen-bond acceptors (Lipinski definition) is 7. The number of fused-ring (bicyclic) bond motifs is 1. The summed E-state index contributed by atoms with van der Waals surface area (Å²) in [6, 6.07) is 3.60. The smallest absolute Gasteiger partial charge is 0.237 e. The molecule has 1 aliphatic rings. The van der Waals surface area contributed by atoms with E-state index in [-0.39, 0.29) is 23.4 Å². The third-order valence-corrected chi connectivity index (χ3v) is 5.25. The molecule has 0 aromatic carbocycles. The molecular weight excluding hydrogens is 354 g/mol. The molecule has 5 N–H and O–H groups in total. The predicted molar refractivity (Wildman–Crippen MR) is 112 cm³/mol. The van der Waals surface area contributed by atoms with Gasteiger partial charge < -0.3 is 21.7 Å². The number of nitrogens with zero attached hydrogens (tertiary/aromatic N) is 3. The van der Waals surface area contributed by atoms with E-state index in [4.69, 9.17) is 5.73 Å². The molecule has 2 aromatic heterocycles. The Morgan fingerprint density at radius 2 is 2.25 bits per heavy atom. The number of carbonyl (C=O) groups excluding carboxylic acids is 1. The average Bonchev–Trinajstić information content (AvgIpc) is 2.71. The highest BCUT2D eigenvalue weighted by atomic mass is 16.2. The number of nitrogens with two attached hydrogens (primary N) is 1. The fraction of sp³-hybridized carbons (Fsp3) is 0.600. The number of unbranched alkanes of at least 4 members (excludes halogenated alkanes) is 1. The van der Waals surface area contributed by atoms with Crippen molar-refractivity contribution >= 4 is 28.7 Å². The average molecular weight is 386 g/mol. The number of rotatable bonds is 8.